The Morgan fingerprint density at radius 1 is 1.90 bits per heavy atom. The van der Waals surface area contributed by atoms with Crippen molar-refractivity contribution >= 4 is 6.09 Å². The molecule has 10 heavy (non-hydrogen) atoms. The smallest absolute Gasteiger partial charge is 0.405 e. The van der Waals surface area contributed by atoms with Gasteiger partial charge in [-0.1, -0.05) is 6.92 Å². The number of amides is 1. The zero-order chi connectivity index (χ0) is 7.78. The van der Waals surface area contributed by atoms with Crippen LogP contribution in [-0.4, -0.2) is 28.5 Å². The molecule has 1 aliphatic rings. The molecule has 0 spiro atoms. The van der Waals surface area contributed by atoms with Gasteiger partial charge in [-0.25, -0.2) is 4.79 Å². The Hall–Kier alpha value is -0.770. The van der Waals surface area contributed by atoms with Gasteiger partial charge >= 0.3 is 6.09 Å². The number of rotatable bonds is 2. The first-order valence-electron chi connectivity index (χ1n) is 3.23. The molecule has 1 saturated carbocycles. The third-order valence-corrected chi connectivity index (χ3v) is 2.09. The summed E-state index contributed by atoms with van der Waals surface area (Å²) in [6.45, 7) is 1.81. The van der Waals surface area contributed by atoms with Gasteiger partial charge < -0.3 is 15.5 Å². The fourth-order valence-corrected chi connectivity index (χ4v) is 1.13. The number of hydrogen-bond acceptors (Lipinski definition) is 2. The molecule has 0 aromatic rings. The number of nitrogens with one attached hydrogen (secondary N) is 1. The van der Waals surface area contributed by atoms with Crippen molar-refractivity contribution in [1.29, 1.82) is 0 Å². The molecule has 58 valence electrons. The molecule has 1 aliphatic carbocycles. The van der Waals surface area contributed by atoms with Crippen molar-refractivity contribution in [1.82, 2.24) is 5.32 Å². The summed E-state index contributed by atoms with van der Waals surface area (Å²) in [4.78, 5) is 10.1. The molecule has 0 bridgehead atoms. The van der Waals surface area contributed by atoms with Crippen LogP contribution in [0.15, 0.2) is 0 Å². The molecule has 1 amide bonds. The van der Waals surface area contributed by atoms with Gasteiger partial charge in [0.05, 0.1) is 12.1 Å². The first-order valence-corrected chi connectivity index (χ1v) is 3.23. The van der Waals surface area contributed by atoms with Crippen LogP contribution in [0.25, 0.3) is 0 Å². The highest BCUT2D eigenvalue weighted by molar-refractivity contribution is 5.66. The third kappa shape index (κ3) is 1.07. The molecule has 1 rings (SSSR count). The van der Waals surface area contributed by atoms with E-state index in [-0.39, 0.29) is 12.5 Å². The quantitative estimate of drug-likeness (QED) is 0.513. The van der Waals surface area contributed by atoms with Crippen molar-refractivity contribution in [3.05, 3.63) is 0 Å². The molecule has 0 radical (unpaired) electrons. The molecule has 0 aromatic heterocycles. The van der Waals surface area contributed by atoms with Crippen molar-refractivity contribution in [3.8, 4) is 0 Å². The number of aliphatic hydroxyl groups is 1. The van der Waals surface area contributed by atoms with Gasteiger partial charge in [0.15, 0.2) is 0 Å². The second-order valence-electron chi connectivity index (χ2n) is 2.85. The summed E-state index contributed by atoms with van der Waals surface area (Å²) < 4.78 is 0. The van der Waals surface area contributed by atoms with E-state index >= 15 is 0 Å². The lowest BCUT2D eigenvalue weighted by Gasteiger charge is -2.11. The molecular weight excluding hydrogens is 134 g/mol. The van der Waals surface area contributed by atoms with E-state index in [1.54, 1.807) is 0 Å². The molecule has 0 heterocycles. The minimum absolute atomic E-state index is 0.0968. The highest BCUT2D eigenvalue weighted by atomic mass is 16.4. The molecule has 1 fully saturated rings. The van der Waals surface area contributed by atoms with E-state index in [0.29, 0.717) is 0 Å². The van der Waals surface area contributed by atoms with Crippen LogP contribution in [0.2, 0.25) is 0 Å². The van der Waals surface area contributed by atoms with E-state index in [1.165, 1.54) is 0 Å². The highest BCUT2D eigenvalue weighted by Gasteiger charge is 2.51. The van der Waals surface area contributed by atoms with Crippen molar-refractivity contribution in [2.75, 3.05) is 6.61 Å². The molecule has 3 N–H and O–H groups in total. The summed E-state index contributed by atoms with van der Waals surface area (Å²) in [6, 6.07) is 0. The Labute approximate surface area is 58.9 Å². The lowest BCUT2D eigenvalue weighted by molar-refractivity contribution is 0.169. The molecule has 2 atom stereocenters. The fourth-order valence-electron chi connectivity index (χ4n) is 1.13. The Morgan fingerprint density at radius 2 is 2.40 bits per heavy atom. The maximum atomic E-state index is 10.1. The fraction of sp³-hybridized carbons (Fsp3) is 0.833. The Morgan fingerprint density at radius 3 is 2.50 bits per heavy atom. The molecule has 4 nitrogen and oxygen atoms in total. The number of carbonyl (C=O) groups is 1. The Balaban J connectivity index is 2.45. The van der Waals surface area contributed by atoms with Crippen LogP contribution in [0.1, 0.15) is 13.3 Å². The zero-order valence-corrected chi connectivity index (χ0v) is 5.79. The molecule has 0 unspecified atom stereocenters. The van der Waals surface area contributed by atoms with Gasteiger partial charge in [0.2, 0.25) is 0 Å². The van der Waals surface area contributed by atoms with Gasteiger partial charge in [-0.2, -0.15) is 0 Å². The minimum atomic E-state index is -1.06. The van der Waals surface area contributed by atoms with Gasteiger partial charge in [-0.05, 0) is 12.3 Å². The lowest BCUT2D eigenvalue weighted by atomic mass is 10.2. The zero-order valence-electron chi connectivity index (χ0n) is 5.79. The summed E-state index contributed by atoms with van der Waals surface area (Å²) >= 11 is 0. The second-order valence-corrected chi connectivity index (χ2v) is 2.85. The minimum Gasteiger partial charge on any atom is -0.465 e. The third-order valence-electron chi connectivity index (χ3n) is 2.09. The van der Waals surface area contributed by atoms with Crippen molar-refractivity contribution < 1.29 is 15.0 Å². The van der Waals surface area contributed by atoms with E-state index in [9.17, 15) is 4.79 Å². The molecule has 0 saturated heterocycles. The average molecular weight is 145 g/mol. The average Bonchev–Trinajstić information content (AvgIpc) is 2.42. The van der Waals surface area contributed by atoms with E-state index in [1.807, 2.05) is 6.92 Å². The molecule has 0 aliphatic heterocycles. The maximum absolute atomic E-state index is 10.1. The van der Waals surface area contributed by atoms with Crippen molar-refractivity contribution in [3.63, 3.8) is 0 Å². The Bertz CT molecular complexity index is 155. The van der Waals surface area contributed by atoms with Gasteiger partial charge in [-0.3, -0.25) is 0 Å². The highest BCUT2D eigenvalue weighted by Crippen LogP contribution is 2.42. The van der Waals surface area contributed by atoms with Crippen LogP contribution >= 0.6 is 0 Å². The van der Waals surface area contributed by atoms with E-state index in [2.05, 4.69) is 5.32 Å². The normalized spacial score (nSPS) is 37.2. The Kier molecular flexibility index (Phi) is 1.56. The number of carboxylic acid groups (broad SMARTS) is 1. The molecular formula is C6H11NO3. The summed E-state index contributed by atoms with van der Waals surface area (Å²) in [6.07, 6.45) is -0.311. The monoisotopic (exact) mass is 145 g/mol. The van der Waals surface area contributed by atoms with Gasteiger partial charge in [-0.15, -0.1) is 0 Å². The first kappa shape index (κ1) is 7.34. The topological polar surface area (TPSA) is 69.6 Å². The van der Waals surface area contributed by atoms with Crippen molar-refractivity contribution in [2.45, 2.75) is 18.9 Å². The summed E-state index contributed by atoms with van der Waals surface area (Å²) in [7, 11) is 0. The first-order chi connectivity index (χ1) is 4.60. The van der Waals surface area contributed by atoms with Crippen LogP contribution in [0.5, 0.6) is 0 Å². The summed E-state index contributed by atoms with van der Waals surface area (Å²) in [5.41, 5.74) is -0.522. The summed E-state index contributed by atoms with van der Waals surface area (Å²) in [5.74, 6) is 0.272. The second kappa shape index (κ2) is 2.12. The van der Waals surface area contributed by atoms with Crippen LogP contribution in [0, 0.1) is 5.92 Å². The van der Waals surface area contributed by atoms with Gasteiger partial charge in [0.25, 0.3) is 0 Å². The van der Waals surface area contributed by atoms with E-state index < -0.39 is 11.6 Å². The van der Waals surface area contributed by atoms with Gasteiger partial charge in [0.1, 0.15) is 0 Å². The van der Waals surface area contributed by atoms with Gasteiger partial charge in [0, 0.05) is 0 Å². The largest absolute Gasteiger partial charge is 0.465 e. The van der Waals surface area contributed by atoms with Crippen LogP contribution in [0.4, 0.5) is 4.79 Å². The lowest BCUT2D eigenvalue weighted by Crippen LogP contribution is -2.40. The predicted octanol–water partition coefficient (Wildman–Crippen LogP) is 0.0249. The molecule has 4 heteroatoms. The maximum Gasteiger partial charge on any atom is 0.405 e. The standard InChI is InChI=1S/C6H11NO3/c1-4-2-6(4,3-8)7-5(9)10/h4,7-8H,2-3H2,1H3,(H,9,10)/t4-,6+/m1/s1. The predicted molar refractivity (Wildman–Crippen MR) is 34.8 cm³/mol. The number of hydrogen-bond donors (Lipinski definition) is 3. The number of aliphatic hydroxyl groups excluding tert-OH is 1. The van der Waals surface area contributed by atoms with Crippen molar-refractivity contribution in [2.24, 2.45) is 5.92 Å². The van der Waals surface area contributed by atoms with Crippen LogP contribution in [0.3, 0.4) is 0 Å². The molecule has 0 aromatic carbocycles. The van der Waals surface area contributed by atoms with Crippen LogP contribution in [-0.2, 0) is 0 Å². The van der Waals surface area contributed by atoms with E-state index in [0.717, 1.165) is 6.42 Å². The SMILES string of the molecule is C[C@@H]1C[C@@]1(CO)NC(=O)O. The summed E-state index contributed by atoms with van der Waals surface area (Å²) in [5, 5.41) is 19.4. The van der Waals surface area contributed by atoms with E-state index in [4.69, 9.17) is 10.2 Å². The van der Waals surface area contributed by atoms with Crippen LogP contribution < -0.4 is 5.32 Å².